The van der Waals surface area contributed by atoms with Crippen LogP contribution in [0.3, 0.4) is 0 Å². The average molecular weight is 357 g/mol. The van der Waals surface area contributed by atoms with Crippen LogP contribution in [0.1, 0.15) is 5.56 Å². The number of aromatic amines is 1. The van der Waals surface area contributed by atoms with Gasteiger partial charge in [-0.1, -0.05) is 29.8 Å². The molecule has 0 radical (unpaired) electrons. The highest BCUT2D eigenvalue weighted by Crippen LogP contribution is 2.23. The summed E-state index contributed by atoms with van der Waals surface area (Å²) >= 11 is 6.07. The maximum absolute atomic E-state index is 12.1. The molecule has 4 N–H and O–H groups in total. The summed E-state index contributed by atoms with van der Waals surface area (Å²) in [4.78, 5) is 30.4. The Bertz CT molecular complexity index is 1090. The van der Waals surface area contributed by atoms with Gasteiger partial charge in [0.1, 0.15) is 5.56 Å². The Hall–Kier alpha value is -3.32. The lowest BCUT2D eigenvalue weighted by molar-refractivity contribution is 0.430. The lowest BCUT2D eigenvalue weighted by Gasteiger charge is -2.10. The number of hydrogen-bond acceptors (Lipinski definition) is 5. The minimum atomic E-state index is -0.809. The zero-order chi connectivity index (χ0) is 18.0. The van der Waals surface area contributed by atoms with Crippen LogP contribution in [0.2, 0.25) is 5.02 Å². The maximum Gasteiger partial charge on any atom is 0.335 e. The van der Waals surface area contributed by atoms with Crippen molar-refractivity contribution >= 4 is 29.2 Å². The Labute approximate surface area is 146 Å². The Balaban J connectivity index is 2.16. The number of H-pyrrole nitrogens is 1. The summed E-state index contributed by atoms with van der Waals surface area (Å²) in [5.41, 5.74) is 5.16. The van der Waals surface area contributed by atoms with E-state index in [9.17, 15) is 14.7 Å². The van der Waals surface area contributed by atoms with Gasteiger partial charge in [-0.2, -0.15) is 0 Å². The zero-order valence-corrected chi connectivity index (χ0v) is 13.6. The fraction of sp³-hybridized carbons (Fsp3) is 0. The number of benzene rings is 2. The number of nitrogens with zero attached hydrogens (tertiary/aromatic N) is 2. The fourth-order valence-corrected chi connectivity index (χ4v) is 2.48. The van der Waals surface area contributed by atoms with Gasteiger partial charge in [0.2, 0.25) is 5.88 Å². The van der Waals surface area contributed by atoms with Crippen molar-refractivity contribution < 1.29 is 5.11 Å². The van der Waals surface area contributed by atoms with E-state index in [0.717, 1.165) is 10.8 Å². The number of anilines is 1. The molecule has 25 heavy (non-hydrogen) atoms. The third-order valence-corrected chi connectivity index (χ3v) is 3.75. The molecule has 0 unspecified atom stereocenters. The number of nitrogens with two attached hydrogens (primary N) is 1. The molecule has 0 aliphatic rings. The van der Waals surface area contributed by atoms with Crippen molar-refractivity contribution in [1.29, 1.82) is 0 Å². The van der Waals surface area contributed by atoms with Gasteiger partial charge in [0.15, 0.2) is 0 Å². The maximum atomic E-state index is 12.1. The molecule has 1 heterocycles. The van der Waals surface area contributed by atoms with Crippen molar-refractivity contribution in [3.8, 4) is 11.6 Å². The molecule has 3 aromatic rings. The van der Waals surface area contributed by atoms with Crippen LogP contribution in [0.5, 0.6) is 5.88 Å². The van der Waals surface area contributed by atoms with Crippen LogP contribution >= 0.6 is 11.6 Å². The van der Waals surface area contributed by atoms with E-state index < -0.39 is 17.1 Å². The molecule has 0 bridgehead atoms. The number of nitrogen functional groups attached to an aromatic ring is 1. The van der Waals surface area contributed by atoms with E-state index in [2.05, 4.69) is 9.98 Å². The number of aromatic hydroxyl groups is 1. The molecule has 3 rings (SSSR count). The van der Waals surface area contributed by atoms with Gasteiger partial charge in [-0.05, 0) is 30.3 Å². The molecule has 126 valence electrons. The average Bonchev–Trinajstić information content (AvgIpc) is 2.56. The second-order valence-electron chi connectivity index (χ2n) is 5.14. The minimum Gasteiger partial charge on any atom is -0.493 e. The summed E-state index contributed by atoms with van der Waals surface area (Å²) in [5, 5.41) is 10.7. The number of nitrogens with one attached hydrogen (secondary N) is 1. The second kappa shape index (κ2) is 6.66. The van der Waals surface area contributed by atoms with Crippen molar-refractivity contribution in [2.45, 2.75) is 0 Å². The third kappa shape index (κ3) is 3.31. The Morgan fingerprint density at radius 3 is 2.64 bits per heavy atom. The second-order valence-corrected chi connectivity index (χ2v) is 5.54. The predicted octanol–water partition coefficient (Wildman–Crippen LogP) is 2.22. The Morgan fingerprint density at radius 1 is 1.16 bits per heavy atom. The van der Waals surface area contributed by atoms with Gasteiger partial charge >= 0.3 is 5.69 Å². The van der Waals surface area contributed by atoms with Gasteiger partial charge in [-0.15, -0.1) is 0 Å². The lowest BCUT2D eigenvalue weighted by atomic mass is 10.2. The van der Waals surface area contributed by atoms with Gasteiger partial charge in [0, 0.05) is 11.9 Å². The smallest absolute Gasteiger partial charge is 0.335 e. The molecule has 7 nitrogen and oxygen atoms in total. The quantitative estimate of drug-likeness (QED) is 0.493. The van der Waals surface area contributed by atoms with Crippen molar-refractivity contribution in [1.82, 2.24) is 9.55 Å². The topological polar surface area (TPSA) is 113 Å². The molecule has 0 spiro atoms. The molecular weight excluding hydrogens is 344 g/mol. The third-order valence-electron chi connectivity index (χ3n) is 3.43. The predicted molar refractivity (Wildman–Crippen MR) is 97.4 cm³/mol. The van der Waals surface area contributed by atoms with E-state index >= 15 is 0 Å². The summed E-state index contributed by atoms with van der Waals surface area (Å²) < 4.78 is 0.907. The van der Waals surface area contributed by atoms with Crippen molar-refractivity contribution in [2.24, 2.45) is 4.99 Å². The zero-order valence-electron chi connectivity index (χ0n) is 12.8. The van der Waals surface area contributed by atoms with E-state index in [1.807, 2.05) is 0 Å². The first-order valence-corrected chi connectivity index (χ1v) is 7.58. The van der Waals surface area contributed by atoms with Gasteiger partial charge < -0.3 is 10.8 Å². The molecule has 8 heteroatoms. The number of hydrogen-bond donors (Lipinski definition) is 3. The van der Waals surface area contributed by atoms with Crippen molar-refractivity contribution in [3.05, 3.63) is 80.0 Å². The van der Waals surface area contributed by atoms with Crippen molar-refractivity contribution in [3.63, 3.8) is 0 Å². The molecule has 0 fully saturated rings. The van der Waals surface area contributed by atoms with Gasteiger partial charge in [0.25, 0.3) is 5.56 Å². The highest BCUT2D eigenvalue weighted by molar-refractivity contribution is 6.32. The fourth-order valence-electron chi connectivity index (χ4n) is 2.26. The van der Waals surface area contributed by atoms with E-state index in [4.69, 9.17) is 17.3 Å². The van der Waals surface area contributed by atoms with Gasteiger partial charge in [0.05, 0.1) is 16.4 Å². The summed E-state index contributed by atoms with van der Waals surface area (Å²) in [7, 11) is 0. The minimum absolute atomic E-state index is 0.179. The SMILES string of the molecule is Nc1cccc(N=Cc2c(O)n(-c3ccccc3Cl)c(=O)[nH]c2=O)c1. The van der Waals surface area contributed by atoms with Crippen molar-refractivity contribution in [2.75, 3.05) is 5.73 Å². The molecule has 0 aliphatic heterocycles. The van der Waals surface area contributed by atoms with E-state index in [0.29, 0.717) is 11.4 Å². The van der Waals surface area contributed by atoms with Crippen LogP contribution < -0.4 is 17.0 Å². The van der Waals surface area contributed by atoms with E-state index in [1.165, 1.54) is 0 Å². The van der Waals surface area contributed by atoms with Gasteiger partial charge in [-0.3, -0.25) is 14.8 Å². The summed E-state index contributed by atoms with van der Waals surface area (Å²) in [6, 6.07) is 13.1. The summed E-state index contributed by atoms with van der Waals surface area (Å²) in [6.07, 6.45) is 1.16. The number of halogens is 1. The number of aromatic nitrogens is 2. The number of para-hydroxylation sites is 1. The highest BCUT2D eigenvalue weighted by Gasteiger charge is 2.15. The van der Waals surface area contributed by atoms with Crippen LogP contribution in [0.4, 0.5) is 11.4 Å². The van der Waals surface area contributed by atoms with Crippen LogP contribution in [0.25, 0.3) is 5.69 Å². The lowest BCUT2D eigenvalue weighted by Crippen LogP contribution is -2.31. The largest absolute Gasteiger partial charge is 0.493 e. The first-order chi connectivity index (χ1) is 12.0. The molecule has 0 saturated carbocycles. The first kappa shape index (κ1) is 16.5. The van der Waals surface area contributed by atoms with Crippen LogP contribution in [0, 0.1) is 0 Å². The van der Waals surface area contributed by atoms with Crippen LogP contribution in [-0.4, -0.2) is 20.9 Å². The molecule has 0 atom stereocenters. The highest BCUT2D eigenvalue weighted by atomic mass is 35.5. The van der Waals surface area contributed by atoms with Crippen LogP contribution in [-0.2, 0) is 0 Å². The van der Waals surface area contributed by atoms with Crippen LogP contribution in [0.15, 0.2) is 63.1 Å². The Morgan fingerprint density at radius 2 is 1.92 bits per heavy atom. The molecule has 2 aromatic carbocycles. The number of aliphatic imine (C=N–C) groups is 1. The Kier molecular flexibility index (Phi) is 4.40. The molecule has 1 aromatic heterocycles. The molecular formula is C17H13ClN4O3. The monoisotopic (exact) mass is 356 g/mol. The summed E-state index contributed by atoms with van der Waals surface area (Å²) in [6.45, 7) is 0. The molecule has 0 saturated heterocycles. The molecule has 0 amide bonds. The first-order valence-electron chi connectivity index (χ1n) is 7.20. The number of rotatable bonds is 3. The van der Waals surface area contributed by atoms with E-state index in [1.54, 1.807) is 48.5 Å². The van der Waals surface area contributed by atoms with Gasteiger partial charge in [-0.25, -0.2) is 9.36 Å². The molecule has 0 aliphatic carbocycles. The summed E-state index contributed by atoms with van der Waals surface area (Å²) in [5.74, 6) is -0.561. The standard InChI is InChI=1S/C17H13ClN4O3/c18-13-6-1-2-7-14(13)22-16(24)12(15(23)21-17(22)25)9-20-11-5-3-4-10(19)8-11/h1-9,24H,19H2,(H,21,23,25). The van der Waals surface area contributed by atoms with E-state index in [-0.39, 0.29) is 16.3 Å². The normalized spacial score (nSPS) is 11.1.